The number of hydrogen-bond acceptors (Lipinski definition) is 6. The van der Waals surface area contributed by atoms with Gasteiger partial charge in [0.25, 0.3) is 5.91 Å². The zero-order valence-corrected chi connectivity index (χ0v) is 17.3. The van der Waals surface area contributed by atoms with E-state index in [9.17, 15) is 14.0 Å². The van der Waals surface area contributed by atoms with E-state index in [0.717, 1.165) is 11.1 Å². The molecule has 9 heteroatoms. The minimum atomic E-state index is -0.498. The molecule has 0 radical (unpaired) electrons. The summed E-state index contributed by atoms with van der Waals surface area (Å²) in [6.07, 6.45) is 0.456. The maximum Gasteiger partial charge on any atom is 0.253 e. The average Bonchev–Trinajstić information content (AvgIpc) is 2.81. The lowest BCUT2D eigenvalue weighted by molar-refractivity contribution is -0.129. The molecule has 0 saturated carbocycles. The highest BCUT2D eigenvalue weighted by Crippen LogP contribution is 2.24. The first-order valence-corrected chi connectivity index (χ1v) is 10.0. The first-order valence-electron chi connectivity index (χ1n) is 10.0. The number of carbonyl (C=O) groups excluding carboxylic acids is 2. The van der Waals surface area contributed by atoms with E-state index in [2.05, 4.69) is 5.32 Å². The number of morpholine rings is 1. The summed E-state index contributed by atoms with van der Waals surface area (Å²) in [5.41, 5.74) is 4.13. The van der Waals surface area contributed by atoms with Crippen molar-refractivity contribution in [2.24, 2.45) is 0 Å². The Labute approximate surface area is 179 Å². The van der Waals surface area contributed by atoms with E-state index in [1.165, 1.54) is 19.2 Å². The summed E-state index contributed by atoms with van der Waals surface area (Å²) in [6.45, 7) is 2.61. The van der Waals surface area contributed by atoms with E-state index in [4.69, 9.17) is 14.7 Å². The molecular weight excluding hydrogens is 405 g/mol. The van der Waals surface area contributed by atoms with Gasteiger partial charge >= 0.3 is 0 Å². The Morgan fingerprint density at radius 1 is 1.19 bits per heavy atom. The van der Waals surface area contributed by atoms with Crippen LogP contribution in [0.1, 0.15) is 27.9 Å². The van der Waals surface area contributed by atoms with E-state index in [1.807, 2.05) is 17.0 Å². The Kier molecular flexibility index (Phi) is 7.80. The summed E-state index contributed by atoms with van der Waals surface area (Å²) in [6, 6.07) is 9.61. The largest absolute Gasteiger partial charge is 0.496 e. The summed E-state index contributed by atoms with van der Waals surface area (Å²) in [5.74, 6) is -0.739. The molecule has 3 N–H and O–H groups in total. The van der Waals surface area contributed by atoms with Gasteiger partial charge in [-0.2, -0.15) is 0 Å². The van der Waals surface area contributed by atoms with E-state index in [1.54, 1.807) is 17.6 Å². The van der Waals surface area contributed by atoms with Gasteiger partial charge in [-0.25, -0.2) is 9.87 Å². The number of ether oxygens (including phenoxy) is 2. The first-order chi connectivity index (χ1) is 15.0. The molecule has 31 heavy (non-hydrogen) atoms. The average molecular weight is 431 g/mol. The third-order valence-corrected chi connectivity index (χ3v) is 5.10. The van der Waals surface area contributed by atoms with Gasteiger partial charge in [0.2, 0.25) is 5.91 Å². The molecule has 0 aromatic heterocycles. The van der Waals surface area contributed by atoms with Crippen molar-refractivity contribution in [1.29, 1.82) is 0 Å². The van der Waals surface area contributed by atoms with Crippen molar-refractivity contribution in [3.8, 4) is 5.75 Å². The summed E-state index contributed by atoms with van der Waals surface area (Å²) < 4.78 is 24.5. The Bertz CT molecular complexity index is 931. The van der Waals surface area contributed by atoms with Crippen LogP contribution in [0.4, 0.5) is 10.1 Å². The molecule has 0 atom stereocenters. The highest BCUT2D eigenvalue weighted by Gasteiger charge is 2.19. The van der Waals surface area contributed by atoms with Crippen LogP contribution in [0.5, 0.6) is 5.75 Å². The smallest absolute Gasteiger partial charge is 0.253 e. The van der Waals surface area contributed by atoms with Crippen LogP contribution in [0.15, 0.2) is 36.4 Å². The number of rotatable bonds is 8. The van der Waals surface area contributed by atoms with Crippen LogP contribution in [-0.2, 0) is 22.5 Å². The van der Waals surface area contributed by atoms with Crippen molar-refractivity contribution in [3.05, 3.63) is 58.9 Å². The number of nitrogens with one attached hydrogen (secondary N) is 2. The number of aryl methyl sites for hydroxylation is 1. The molecule has 2 amide bonds. The summed E-state index contributed by atoms with van der Waals surface area (Å²) in [4.78, 5) is 26.2. The summed E-state index contributed by atoms with van der Waals surface area (Å²) in [5, 5.41) is 11.5. The van der Waals surface area contributed by atoms with Crippen molar-refractivity contribution in [2.75, 3.05) is 38.3 Å². The second-order valence-corrected chi connectivity index (χ2v) is 7.12. The third kappa shape index (κ3) is 5.93. The van der Waals surface area contributed by atoms with Gasteiger partial charge in [0, 0.05) is 31.7 Å². The van der Waals surface area contributed by atoms with Crippen LogP contribution < -0.4 is 20.4 Å². The Morgan fingerprint density at radius 3 is 2.68 bits per heavy atom. The zero-order chi connectivity index (χ0) is 22.2. The highest BCUT2D eigenvalue weighted by atomic mass is 19.1. The molecule has 1 aliphatic rings. The number of carbonyl (C=O) groups is 2. The zero-order valence-electron chi connectivity index (χ0n) is 17.3. The van der Waals surface area contributed by atoms with Gasteiger partial charge < -0.3 is 19.7 Å². The predicted octanol–water partition coefficient (Wildman–Crippen LogP) is 2.04. The number of hydrogen-bond donors (Lipinski definition) is 3. The number of nitrogens with zero attached hydrogens (tertiary/aromatic N) is 1. The quantitative estimate of drug-likeness (QED) is 0.437. The molecule has 3 rings (SSSR count). The van der Waals surface area contributed by atoms with Gasteiger partial charge in [-0.15, -0.1) is 0 Å². The van der Waals surface area contributed by atoms with Crippen LogP contribution in [-0.4, -0.2) is 50.4 Å². The monoisotopic (exact) mass is 431 g/mol. The number of methoxy groups -OCH3 is 1. The topological polar surface area (TPSA) is 100 Å². The SMILES string of the molecule is COc1ccc(CNC(=O)c2cc(F)ccc2N2CCOCC2)cc1CCC(=O)NO. The van der Waals surface area contributed by atoms with Crippen molar-refractivity contribution < 1.29 is 28.7 Å². The van der Waals surface area contributed by atoms with E-state index < -0.39 is 11.7 Å². The van der Waals surface area contributed by atoms with Gasteiger partial charge in [0.1, 0.15) is 11.6 Å². The first kappa shape index (κ1) is 22.5. The van der Waals surface area contributed by atoms with E-state index in [0.29, 0.717) is 44.2 Å². The minimum absolute atomic E-state index is 0.0921. The van der Waals surface area contributed by atoms with Gasteiger partial charge in [0.05, 0.1) is 25.9 Å². The summed E-state index contributed by atoms with van der Waals surface area (Å²) >= 11 is 0. The molecule has 1 heterocycles. The molecular formula is C22H26FN3O5. The molecule has 0 spiro atoms. The van der Waals surface area contributed by atoms with Gasteiger partial charge in [-0.3, -0.25) is 14.8 Å². The highest BCUT2D eigenvalue weighted by molar-refractivity contribution is 5.99. The minimum Gasteiger partial charge on any atom is -0.496 e. The van der Waals surface area contributed by atoms with Gasteiger partial charge in [0.15, 0.2) is 0 Å². The second-order valence-electron chi connectivity index (χ2n) is 7.12. The normalized spacial score (nSPS) is 13.6. The van der Waals surface area contributed by atoms with E-state index >= 15 is 0 Å². The van der Waals surface area contributed by atoms with Crippen molar-refractivity contribution in [2.45, 2.75) is 19.4 Å². The van der Waals surface area contributed by atoms with Gasteiger partial charge in [-0.1, -0.05) is 12.1 Å². The standard InChI is InChI=1S/C22H26FN3O5/c1-30-20-6-2-15(12-16(20)3-7-21(27)25-29)14-24-22(28)18-13-17(23)4-5-19(18)26-8-10-31-11-9-26/h2,4-6,12-13,29H,3,7-11,14H2,1H3,(H,24,28)(H,25,27). The lowest BCUT2D eigenvalue weighted by atomic mass is 10.0. The van der Waals surface area contributed by atoms with Crippen LogP contribution in [0.25, 0.3) is 0 Å². The molecule has 0 unspecified atom stereocenters. The predicted molar refractivity (Wildman–Crippen MR) is 112 cm³/mol. The molecule has 0 aliphatic carbocycles. The van der Waals surface area contributed by atoms with E-state index in [-0.39, 0.29) is 24.4 Å². The molecule has 166 valence electrons. The van der Waals surface area contributed by atoms with Crippen LogP contribution in [0.3, 0.4) is 0 Å². The van der Waals surface area contributed by atoms with Gasteiger partial charge in [-0.05, 0) is 41.8 Å². The fourth-order valence-corrected chi connectivity index (χ4v) is 3.49. The van der Waals surface area contributed by atoms with Crippen molar-refractivity contribution in [3.63, 3.8) is 0 Å². The van der Waals surface area contributed by atoms with Crippen LogP contribution in [0, 0.1) is 5.82 Å². The number of halogens is 1. The Balaban J connectivity index is 1.72. The number of anilines is 1. The second kappa shape index (κ2) is 10.7. The Morgan fingerprint density at radius 2 is 1.97 bits per heavy atom. The lowest BCUT2D eigenvalue weighted by Gasteiger charge is -2.30. The van der Waals surface area contributed by atoms with Crippen molar-refractivity contribution >= 4 is 17.5 Å². The molecule has 0 bridgehead atoms. The molecule has 8 nitrogen and oxygen atoms in total. The maximum absolute atomic E-state index is 13.9. The molecule has 1 saturated heterocycles. The fourth-order valence-electron chi connectivity index (χ4n) is 3.49. The summed E-state index contributed by atoms with van der Waals surface area (Å²) in [7, 11) is 1.53. The lowest BCUT2D eigenvalue weighted by Crippen LogP contribution is -2.38. The van der Waals surface area contributed by atoms with Crippen LogP contribution in [0.2, 0.25) is 0 Å². The molecule has 2 aromatic carbocycles. The fraction of sp³-hybridized carbons (Fsp3) is 0.364. The Hall–Kier alpha value is -3.17. The molecule has 1 fully saturated rings. The number of hydroxylamine groups is 1. The maximum atomic E-state index is 13.9. The number of amides is 2. The van der Waals surface area contributed by atoms with Crippen molar-refractivity contribution in [1.82, 2.24) is 10.8 Å². The van der Waals surface area contributed by atoms with Crippen LogP contribution >= 0.6 is 0 Å². The molecule has 2 aromatic rings. The molecule has 1 aliphatic heterocycles. The third-order valence-electron chi connectivity index (χ3n) is 5.10. The number of benzene rings is 2.